The molecule has 2 aromatic rings. The van der Waals surface area contributed by atoms with Gasteiger partial charge in [-0.25, -0.2) is 0 Å². The highest BCUT2D eigenvalue weighted by Crippen LogP contribution is 2.29. The van der Waals surface area contributed by atoms with Gasteiger partial charge >= 0.3 is 0 Å². The number of hydrogen-bond acceptors (Lipinski definition) is 6. The summed E-state index contributed by atoms with van der Waals surface area (Å²) >= 11 is 3.34. The van der Waals surface area contributed by atoms with Crippen LogP contribution >= 0.6 is 23.1 Å². The molecule has 0 saturated carbocycles. The molecule has 0 radical (unpaired) electrons. The minimum Gasteiger partial charge on any atom is -0.377 e. The number of aromatic nitrogens is 2. The van der Waals surface area contributed by atoms with Gasteiger partial charge in [-0.15, -0.1) is 10.2 Å². The van der Waals surface area contributed by atoms with Crippen molar-refractivity contribution in [3.63, 3.8) is 0 Å². The molecule has 1 atom stereocenters. The normalized spacial score (nSPS) is 18.6. The fraction of sp³-hybridized carbons (Fsp3) is 0.467. The van der Waals surface area contributed by atoms with E-state index in [9.17, 15) is 0 Å². The molecule has 1 N–H and O–H groups in total. The zero-order valence-corrected chi connectivity index (χ0v) is 13.7. The number of ether oxygens (including phenoxy) is 1. The number of benzene rings is 1. The Kier molecular flexibility index (Phi) is 5.11. The van der Waals surface area contributed by atoms with Gasteiger partial charge in [0, 0.05) is 18.0 Å². The fourth-order valence-electron chi connectivity index (χ4n) is 2.18. The number of anilines is 2. The van der Waals surface area contributed by atoms with Crippen LogP contribution in [0.2, 0.25) is 0 Å². The van der Waals surface area contributed by atoms with Crippen LogP contribution in [0, 0.1) is 6.92 Å². The highest BCUT2D eigenvalue weighted by molar-refractivity contribution is 8.01. The van der Waals surface area contributed by atoms with E-state index < -0.39 is 0 Å². The Morgan fingerprint density at radius 1 is 1.29 bits per heavy atom. The highest BCUT2D eigenvalue weighted by Gasteiger charge is 2.15. The average Bonchev–Trinajstić information content (AvgIpc) is 2.96. The molecular weight excluding hydrogens is 302 g/mol. The molecule has 2 heterocycles. The Balaban J connectivity index is 1.52. The second-order valence-corrected chi connectivity index (χ2v) is 7.41. The van der Waals surface area contributed by atoms with E-state index in [1.54, 1.807) is 23.1 Å². The largest absolute Gasteiger partial charge is 0.377 e. The van der Waals surface area contributed by atoms with Gasteiger partial charge in [-0.3, -0.25) is 0 Å². The van der Waals surface area contributed by atoms with E-state index in [1.807, 2.05) is 0 Å². The van der Waals surface area contributed by atoms with Gasteiger partial charge in [0.15, 0.2) is 4.34 Å². The van der Waals surface area contributed by atoms with Crippen molar-refractivity contribution in [2.24, 2.45) is 0 Å². The maximum atomic E-state index is 5.73. The van der Waals surface area contributed by atoms with Crippen molar-refractivity contribution in [1.29, 1.82) is 0 Å². The van der Waals surface area contributed by atoms with Gasteiger partial charge in [-0.05, 0) is 38.3 Å². The summed E-state index contributed by atoms with van der Waals surface area (Å²) in [6.07, 6.45) is 4.02. The maximum Gasteiger partial charge on any atom is 0.210 e. The summed E-state index contributed by atoms with van der Waals surface area (Å²) in [6, 6.07) is 8.28. The van der Waals surface area contributed by atoms with Crippen LogP contribution in [0.25, 0.3) is 0 Å². The first-order valence-electron chi connectivity index (χ1n) is 7.21. The second kappa shape index (κ2) is 7.24. The molecule has 1 fully saturated rings. The van der Waals surface area contributed by atoms with Crippen LogP contribution in [0.15, 0.2) is 28.6 Å². The number of rotatable bonds is 5. The van der Waals surface area contributed by atoms with Gasteiger partial charge in [-0.2, -0.15) is 0 Å². The molecule has 6 heteroatoms. The van der Waals surface area contributed by atoms with Gasteiger partial charge in [0.05, 0.1) is 6.10 Å². The van der Waals surface area contributed by atoms with Crippen LogP contribution in [0.1, 0.15) is 24.8 Å². The monoisotopic (exact) mass is 321 g/mol. The van der Waals surface area contributed by atoms with Crippen LogP contribution in [0.4, 0.5) is 10.8 Å². The molecule has 4 nitrogen and oxygen atoms in total. The first-order valence-corrected chi connectivity index (χ1v) is 9.01. The van der Waals surface area contributed by atoms with E-state index in [2.05, 4.69) is 46.7 Å². The van der Waals surface area contributed by atoms with Gasteiger partial charge < -0.3 is 10.1 Å². The maximum absolute atomic E-state index is 5.73. The summed E-state index contributed by atoms with van der Waals surface area (Å²) < 4.78 is 6.73. The van der Waals surface area contributed by atoms with Crippen LogP contribution in [0.3, 0.4) is 0 Å². The lowest BCUT2D eigenvalue weighted by Crippen LogP contribution is -2.21. The Morgan fingerprint density at radius 2 is 2.14 bits per heavy atom. The van der Waals surface area contributed by atoms with Crippen molar-refractivity contribution in [2.45, 2.75) is 36.6 Å². The van der Waals surface area contributed by atoms with Crippen LogP contribution < -0.4 is 5.32 Å². The summed E-state index contributed by atoms with van der Waals surface area (Å²) in [4.78, 5) is 0. The molecular formula is C15H19N3OS2. The van der Waals surface area contributed by atoms with Gasteiger partial charge in [0.2, 0.25) is 5.13 Å². The van der Waals surface area contributed by atoms with Crippen molar-refractivity contribution >= 4 is 33.9 Å². The Bertz CT molecular complexity index is 565. The molecule has 3 rings (SSSR count). The molecule has 0 spiro atoms. The number of thioether (sulfide) groups is 1. The predicted molar refractivity (Wildman–Crippen MR) is 88.7 cm³/mol. The Labute approximate surface area is 133 Å². The summed E-state index contributed by atoms with van der Waals surface area (Å²) in [7, 11) is 0. The minimum absolute atomic E-state index is 0.376. The third kappa shape index (κ3) is 4.43. The number of aryl methyl sites for hydroxylation is 1. The van der Waals surface area contributed by atoms with Crippen LogP contribution in [0.5, 0.6) is 0 Å². The molecule has 1 aliphatic rings. The zero-order chi connectivity index (χ0) is 14.5. The summed E-state index contributed by atoms with van der Waals surface area (Å²) in [5.41, 5.74) is 2.30. The summed E-state index contributed by atoms with van der Waals surface area (Å²) in [6.45, 7) is 2.98. The van der Waals surface area contributed by atoms with Gasteiger partial charge in [0.25, 0.3) is 0 Å². The summed E-state index contributed by atoms with van der Waals surface area (Å²) in [5, 5.41) is 12.5. The van der Waals surface area contributed by atoms with Gasteiger partial charge in [0.1, 0.15) is 0 Å². The molecule has 1 aromatic heterocycles. The predicted octanol–water partition coefficient (Wildman–Crippen LogP) is 4.25. The molecule has 0 aliphatic carbocycles. The topological polar surface area (TPSA) is 47.0 Å². The van der Waals surface area contributed by atoms with E-state index in [-0.39, 0.29) is 0 Å². The van der Waals surface area contributed by atoms with E-state index in [4.69, 9.17) is 4.74 Å². The van der Waals surface area contributed by atoms with E-state index in [0.717, 1.165) is 27.5 Å². The molecule has 0 unspecified atom stereocenters. The quantitative estimate of drug-likeness (QED) is 0.834. The fourth-order valence-corrected chi connectivity index (χ4v) is 4.05. The second-order valence-electron chi connectivity index (χ2n) is 5.16. The molecule has 1 saturated heterocycles. The first kappa shape index (κ1) is 14.8. The number of nitrogens with zero attached hydrogens (tertiary/aromatic N) is 2. The Hall–Kier alpha value is -1.11. The summed E-state index contributed by atoms with van der Waals surface area (Å²) in [5.74, 6) is 0.971. The van der Waals surface area contributed by atoms with Crippen LogP contribution in [-0.2, 0) is 4.74 Å². The van der Waals surface area contributed by atoms with E-state index in [0.29, 0.717) is 6.10 Å². The minimum atomic E-state index is 0.376. The SMILES string of the molecule is Cc1ccc(Nc2nnc(SC[C@@H]3CCCCO3)s2)cc1. The first-order chi connectivity index (χ1) is 10.3. The van der Waals surface area contributed by atoms with Crippen molar-refractivity contribution < 1.29 is 4.74 Å². The number of nitrogens with one attached hydrogen (secondary N) is 1. The molecule has 112 valence electrons. The lowest BCUT2D eigenvalue weighted by Gasteiger charge is -2.21. The van der Waals surface area contributed by atoms with Crippen LogP contribution in [-0.4, -0.2) is 28.7 Å². The lowest BCUT2D eigenvalue weighted by molar-refractivity contribution is 0.0315. The third-order valence-electron chi connectivity index (χ3n) is 3.38. The van der Waals surface area contributed by atoms with E-state index >= 15 is 0 Å². The molecule has 21 heavy (non-hydrogen) atoms. The number of hydrogen-bond donors (Lipinski definition) is 1. The van der Waals surface area contributed by atoms with Crippen molar-refractivity contribution in [1.82, 2.24) is 10.2 Å². The average molecular weight is 321 g/mol. The van der Waals surface area contributed by atoms with Gasteiger partial charge in [-0.1, -0.05) is 40.8 Å². The highest BCUT2D eigenvalue weighted by atomic mass is 32.2. The van der Waals surface area contributed by atoms with Crippen molar-refractivity contribution in [3.8, 4) is 0 Å². The standard InChI is InChI=1S/C15H19N3OS2/c1-11-5-7-12(8-6-11)16-14-17-18-15(21-14)20-10-13-4-2-3-9-19-13/h5-8,13H,2-4,9-10H2,1H3,(H,16,17)/t13-/m0/s1. The van der Waals surface area contributed by atoms with E-state index in [1.165, 1.54) is 24.8 Å². The Morgan fingerprint density at radius 3 is 2.90 bits per heavy atom. The molecule has 0 bridgehead atoms. The van der Waals surface area contributed by atoms with Crippen molar-refractivity contribution in [3.05, 3.63) is 29.8 Å². The smallest absolute Gasteiger partial charge is 0.210 e. The van der Waals surface area contributed by atoms with Crippen molar-refractivity contribution in [2.75, 3.05) is 17.7 Å². The molecule has 1 aliphatic heterocycles. The zero-order valence-electron chi connectivity index (χ0n) is 12.0. The third-order valence-corrected chi connectivity index (χ3v) is 5.48. The lowest BCUT2D eigenvalue weighted by atomic mass is 10.1. The molecule has 1 aromatic carbocycles. The molecule has 0 amide bonds.